The summed E-state index contributed by atoms with van der Waals surface area (Å²) in [6.07, 6.45) is 2.18. The summed E-state index contributed by atoms with van der Waals surface area (Å²) in [4.78, 5) is 14.7. The van der Waals surface area contributed by atoms with Gasteiger partial charge in [0, 0.05) is 19.6 Å². The molecule has 2 unspecified atom stereocenters. The molecule has 3 heteroatoms. The van der Waals surface area contributed by atoms with Crippen LogP contribution in [-0.2, 0) is 17.8 Å². The fourth-order valence-corrected chi connectivity index (χ4v) is 3.26. The fourth-order valence-electron chi connectivity index (χ4n) is 3.26. The molecule has 2 atom stereocenters. The summed E-state index contributed by atoms with van der Waals surface area (Å²) < 4.78 is 0. The first kappa shape index (κ1) is 12.7. The van der Waals surface area contributed by atoms with Crippen LogP contribution >= 0.6 is 0 Å². The smallest absolute Gasteiger partial charge is 0.227 e. The lowest BCUT2D eigenvalue weighted by atomic mass is 9.96. The van der Waals surface area contributed by atoms with E-state index in [1.165, 1.54) is 11.1 Å². The number of hydrogen-bond donors (Lipinski definition) is 1. The van der Waals surface area contributed by atoms with E-state index in [-0.39, 0.29) is 5.92 Å². The third-order valence-corrected chi connectivity index (χ3v) is 4.50. The molecule has 2 aliphatic heterocycles. The summed E-state index contributed by atoms with van der Waals surface area (Å²) >= 11 is 0. The van der Waals surface area contributed by atoms with E-state index in [9.17, 15) is 4.79 Å². The lowest BCUT2D eigenvalue weighted by Crippen LogP contribution is -2.38. The topological polar surface area (TPSA) is 32.3 Å². The van der Waals surface area contributed by atoms with Gasteiger partial charge < -0.3 is 10.2 Å². The molecule has 3 nitrogen and oxygen atoms in total. The molecular formula is C16H22N2O. The van der Waals surface area contributed by atoms with E-state index in [1.54, 1.807) is 0 Å². The van der Waals surface area contributed by atoms with Crippen molar-refractivity contribution in [2.45, 2.75) is 26.3 Å². The second-order valence-electron chi connectivity index (χ2n) is 5.87. The number of hydrogen-bond acceptors (Lipinski definition) is 2. The number of fused-ring (bicyclic) bond motifs is 1. The van der Waals surface area contributed by atoms with E-state index >= 15 is 0 Å². The molecule has 1 fully saturated rings. The van der Waals surface area contributed by atoms with Crippen molar-refractivity contribution in [3.8, 4) is 0 Å². The summed E-state index contributed by atoms with van der Waals surface area (Å²) in [5.41, 5.74) is 2.74. The second kappa shape index (κ2) is 5.33. The standard InChI is InChI=1S/C16H22N2O/c1-12-9-17-10-15(12)16(19)18-8-4-7-13-5-2-3-6-14(13)11-18/h2-3,5-6,12,15,17H,4,7-11H2,1H3. The van der Waals surface area contributed by atoms with Crippen molar-refractivity contribution in [1.29, 1.82) is 0 Å². The maximum absolute atomic E-state index is 12.7. The van der Waals surface area contributed by atoms with Crippen LogP contribution < -0.4 is 5.32 Å². The zero-order valence-electron chi connectivity index (χ0n) is 11.6. The van der Waals surface area contributed by atoms with E-state index in [0.29, 0.717) is 11.8 Å². The molecule has 19 heavy (non-hydrogen) atoms. The van der Waals surface area contributed by atoms with Crippen LogP contribution in [0.2, 0.25) is 0 Å². The average molecular weight is 258 g/mol. The minimum atomic E-state index is 0.172. The third-order valence-electron chi connectivity index (χ3n) is 4.50. The molecule has 0 aromatic heterocycles. The number of carbonyl (C=O) groups is 1. The highest BCUT2D eigenvalue weighted by molar-refractivity contribution is 5.80. The average Bonchev–Trinajstić information content (AvgIpc) is 2.73. The number of nitrogens with zero attached hydrogens (tertiary/aromatic N) is 1. The first-order valence-electron chi connectivity index (χ1n) is 7.32. The molecule has 0 spiro atoms. The number of aryl methyl sites for hydroxylation is 1. The fraction of sp³-hybridized carbons (Fsp3) is 0.562. The van der Waals surface area contributed by atoms with Gasteiger partial charge in [0.1, 0.15) is 0 Å². The van der Waals surface area contributed by atoms with Gasteiger partial charge in [0.25, 0.3) is 0 Å². The van der Waals surface area contributed by atoms with Gasteiger partial charge in [-0.15, -0.1) is 0 Å². The molecule has 102 valence electrons. The molecule has 2 aliphatic rings. The second-order valence-corrected chi connectivity index (χ2v) is 5.87. The first-order chi connectivity index (χ1) is 9.25. The van der Waals surface area contributed by atoms with Crippen molar-refractivity contribution in [2.75, 3.05) is 19.6 Å². The van der Waals surface area contributed by atoms with Crippen LogP contribution in [0.25, 0.3) is 0 Å². The van der Waals surface area contributed by atoms with Crippen LogP contribution in [0.5, 0.6) is 0 Å². The Bertz CT molecular complexity index is 472. The van der Waals surface area contributed by atoms with Crippen molar-refractivity contribution in [1.82, 2.24) is 10.2 Å². The van der Waals surface area contributed by atoms with E-state index in [2.05, 4.69) is 41.4 Å². The number of carbonyl (C=O) groups excluding carboxylic acids is 1. The largest absolute Gasteiger partial charge is 0.338 e. The minimum Gasteiger partial charge on any atom is -0.338 e. The van der Waals surface area contributed by atoms with Gasteiger partial charge in [0.05, 0.1) is 5.92 Å². The Kier molecular flexibility index (Phi) is 3.56. The van der Waals surface area contributed by atoms with Gasteiger partial charge in [0.15, 0.2) is 0 Å². The zero-order valence-corrected chi connectivity index (χ0v) is 11.6. The van der Waals surface area contributed by atoms with E-state index in [4.69, 9.17) is 0 Å². The Morgan fingerprint density at radius 1 is 1.26 bits per heavy atom. The molecule has 1 amide bonds. The summed E-state index contributed by atoms with van der Waals surface area (Å²) in [6.45, 7) is 5.68. The van der Waals surface area contributed by atoms with Gasteiger partial charge in [-0.25, -0.2) is 0 Å². The molecule has 0 aliphatic carbocycles. The van der Waals surface area contributed by atoms with E-state index in [0.717, 1.165) is 39.0 Å². The number of rotatable bonds is 1. The molecule has 3 rings (SSSR count). The van der Waals surface area contributed by atoms with Crippen LogP contribution in [0.4, 0.5) is 0 Å². The maximum Gasteiger partial charge on any atom is 0.227 e. The van der Waals surface area contributed by atoms with Gasteiger partial charge >= 0.3 is 0 Å². The van der Waals surface area contributed by atoms with E-state index in [1.807, 2.05) is 0 Å². The molecular weight excluding hydrogens is 236 g/mol. The molecule has 1 aromatic carbocycles. The van der Waals surface area contributed by atoms with Gasteiger partial charge in [-0.2, -0.15) is 0 Å². The van der Waals surface area contributed by atoms with Crippen molar-refractivity contribution in [2.24, 2.45) is 11.8 Å². The highest BCUT2D eigenvalue weighted by Gasteiger charge is 2.33. The van der Waals surface area contributed by atoms with Crippen LogP contribution in [0.3, 0.4) is 0 Å². The molecule has 2 heterocycles. The number of nitrogens with one attached hydrogen (secondary N) is 1. The molecule has 1 saturated heterocycles. The van der Waals surface area contributed by atoms with Crippen molar-refractivity contribution in [3.63, 3.8) is 0 Å². The minimum absolute atomic E-state index is 0.172. The van der Waals surface area contributed by atoms with Crippen LogP contribution in [0.1, 0.15) is 24.5 Å². The lowest BCUT2D eigenvalue weighted by Gasteiger charge is -2.25. The summed E-state index contributed by atoms with van der Waals surface area (Å²) in [5.74, 6) is 0.977. The monoisotopic (exact) mass is 258 g/mol. The summed E-state index contributed by atoms with van der Waals surface area (Å²) in [7, 11) is 0. The molecule has 0 saturated carbocycles. The normalized spacial score (nSPS) is 26.9. The highest BCUT2D eigenvalue weighted by Crippen LogP contribution is 2.23. The van der Waals surface area contributed by atoms with E-state index < -0.39 is 0 Å². The molecule has 1 N–H and O–H groups in total. The first-order valence-corrected chi connectivity index (χ1v) is 7.32. The Hall–Kier alpha value is -1.35. The van der Waals surface area contributed by atoms with Crippen molar-refractivity contribution < 1.29 is 4.79 Å². The Morgan fingerprint density at radius 3 is 2.79 bits per heavy atom. The van der Waals surface area contributed by atoms with Gasteiger partial charge in [-0.1, -0.05) is 31.2 Å². The Labute approximate surface area is 115 Å². The van der Waals surface area contributed by atoms with Gasteiger partial charge in [-0.05, 0) is 36.4 Å². The highest BCUT2D eigenvalue weighted by atomic mass is 16.2. The Balaban J connectivity index is 1.77. The maximum atomic E-state index is 12.7. The SMILES string of the molecule is CC1CNCC1C(=O)N1CCCc2ccccc2C1. The lowest BCUT2D eigenvalue weighted by molar-refractivity contribution is -0.136. The number of amides is 1. The molecule has 0 bridgehead atoms. The predicted octanol–water partition coefficient (Wildman–Crippen LogP) is 1.82. The quantitative estimate of drug-likeness (QED) is 0.833. The summed E-state index contributed by atoms with van der Waals surface area (Å²) in [6, 6.07) is 8.53. The number of benzene rings is 1. The van der Waals surface area contributed by atoms with Crippen molar-refractivity contribution >= 4 is 5.91 Å². The van der Waals surface area contributed by atoms with Gasteiger partial charge in [0.2, 0.25) is 5.91 Å². The van der Waals surface area contributed by atoms with Crippen LogP contribution in [0.15, 0.2) is 24.3 Å². The van der Waals surface area contributed by atoms with Crippen LogP contribution in [-0.4, -0.2) is 30.4 Å². The molecule has 1 aromatic rings. The van der Waals surface area contributed by atoms with Gasteiger partial charge in [-0.3, -0.25) is 4.79 Å². The summed E-state index contributed by atoms with van der Waals surface area (Å²) in [5, 5.41) is 3.33. The predicted molar refractivity (Wildman–Crippen MR) is 75.7 cm³/mol. The van der Waals surface area contributed by atoms with Crippen LogP contribution in [0, 0.1) is 11.8 Å². The van der Waals surface area contributed by atoms with Crippen molar-refractivity contribution in [3.05, 3.63) is 35.4 Å². The molecule has 0 radical (unpaired) electrons. The Morgan fingerprint density at radius 2 is 2.05 bits per heavy atom. The zero-order chi connectivity index (χ0) is 13.2. The third kappa shape index (κ3) is 2.52.